The second-order valence-electron chi connectivity index (χ2n) is 6.92. The van der Waals surface area contributed by atoms with E-state index in [-0.39, 0.29) is 0 Å². The number of unbranched alkanes of at least 4 members (excludes halogenated alkanes) is 4. The van der Waals surface area contributed by atoms with Crippen LogP contribution >= 0.6 is 0 Å². The standard InChI is InChI=1S/C20H33NO3/c1-3-4-5-6-9-14-24-19-11-8-7-10-18(19)20(2,22)17-21-12-15-23-16-13-21/h7-8,10-11,22H,3-6,9,12-17H2,1-2H3. The van der Waals surface area contributed by atoms with Gasteiger partial charge >= 0.3 is 0 Å². The first-order valence-electron chi connectivity index (χ1n) is 9.38. The highest BCUT2D eigenvalue weighted by molar-refractivity contribution is 5.38. The van der Waals surface area contributed by atoms with E-state index >= 15 is 0 Å². The van der Waals surface area contributed by atoms with Crippen LogP contribution in [0.1, 0.15) is 51.5 Å². The maximum absolute atomic E-state index is 11.0. The molecule has 136 valence electrons. The quantitative estimate of drug-likeness (QED) is 0.664. The van der Waals surface area contributed by atoms with E-state index in [0.29, 0.717) is 13.2 Å². The maximum Gasteiger partial charge on any atom is 0.125 e. The topological polar surface area (TPSA) is 41.9 Å². The number of ether oxygens (including phenoxy) is 2. The minimum atomic E-state index is -0.920. The molecule has 0 aromatic heterocycles. The molecule has 1 aliphatic heterocycles. The summed E-state index contributed by atoms with van der Waals surface area (Å²) in [5.74, 6) is 0.811. The van der Waals surface area contributed by atoms with Crippen LogP contribution in [0, 0.1) is 0 Å². The van der Waals surface area contributed by atoms with E-state index in [9.17, 15) is 5.11 Å². The Bertz CT molecular complexity index is 470. The molecule has 1 saturated heterocycles. The molecule has 2 rings (SSSR count). The van der Waals surface area contributed by atoms with Gasteiger partial charge in [0.15, 0.2) is 0 Å². The lowest BCUT2D eigenvalue weighted by atomic mass is 9.94. The van der Waals surface area contributed by atoms with Crippen LogP contribution in [0.25, 0.3) is 0 Å². The Kier molecular flexibility index (Phi) is 8.03. The highest BCUT2D eigenvalue weighted by Crippen LogP contribution is 2.31. The summed E-state index contributed by atoms with van der Waals surface area (Å²) in [4.78, 5) is 2.25. The molecule has 0 radical (unpaired) electrons. The number of benzene rings is 1. The summed E-state index contributed by atoms with van der Waals surface area (Å²) < 4.78 is 11.4. The molecule has 0 saturated carbocycles. The van der Waals surface area contributed by atoms with Gasteiger partial charge in [0.1, 0.15) is 11.4 Å². The number of para-hydroxylation sites is 1. The third-order valence-corrected chi connectivity index (χ3v) is 4.61. The predicted molar refractivity (Wildman–Crippen MR) is 97.5 cm³/mol. The Morgan fingerprint density at radius 3 is 2.58 bits per heavy atom. The summed E-state index contributed by atoms with van der Waals surface area (Å²) in [7, 11) is 0. The van der Waals surface area contributed by atoms with Crippen molar-refractivity contribution in [3.63, 3.8) is 0 Å². The van der Waals surface area contributed by atoms with Crippen LogP contribution in [0.3, 0.4) is 0 Å². The zero-order valence-electron chi connectivity index (χ0n) is 15.3. The normalized spacial score (nSPS) is 18.3. The summed E-state index contributed by atoms with van der Waals surface area (Å²) >= 11 is 0. The number of rotatable bonds is 10. The van der Waals surface area contributed by atoms with E-state index in [0.717, 1.165) is 44.0 Å². The van der Waals surface area contributed by atoms with Gasteiger partial charge in [0, 0.05) is 25.2 Å². The number of morpholine rings is 1. The fourth-order valence-corrected chi connectivity index (χ4v) is 3.21. The first-order chi connectivity index (χ1) is 11.6. The maximum atomic E-state index is 11.0. The van der Waals surface area contributed by atoms with Crippen LogP contribution in [0.4, 0.5) is 0 Å². The molecule has 1 aromatic carbocycles. The third-order valence-electron chi connectivity index (χ3n) is 4.61. The molecule has 1 aromatic rings. The van der Waals surface area contributed by atoms with Crippen molar-refractivity contribution >= 4 is 0 Å². The van der Waals surface area contributed by atoms with Crippen molar-refractivity contribution < 1.29 is 14.6 Å². The van der Waals surface area contributed by atoms with Gasteiger partial charge in [-0.15, -0.1) is 0 Å². The highest BCUT2D eigenvalue weighted by Gasteiger charge is 2.30. The molecule has 1 unspecified atom stereocenters. The molecular formula is C20H33NO3. The second kappa shape index (κ2) is 10.0. The molecule has 0 aliphatic carbocycles. The van der Waals surface area contributed by atoms with Crippen LogP contribution in [-0.4, -0.2) is 49.5 Å². The second-order valence-corrected chi connectivity index (χ2v) is 6.92. The van der Waals surface area contributed by atoms with Gasteiger partial charge in [0.25, 0.3) is 0 Å². The number of aliphatic hydroxyl groups is 1. The first-order valence-corrected chi connectivity index (χ1v) is 9.38. The molecule has 1 N–H and O–H groups in total. The smallest absolute Gasteiger partial charge is 0.125 e. The number of β-amino-alcohol motifs (C(OH)–C–C–N with tert-alkyl or cyclic N) is 1. The van der Waals surface area contributed by atoms with Gasteiger partial charge in [-0.3, -0.25) is 4.90 Å². The molecular weight excluding hydrogens is 302 g/mol. The molecule has 4 heteroatoms. The van der Waals surface area contributed by atoms with Crippen molar-refractivity contribution in [2.24, 2.45) is 0 Å². The fraction of sp³-hybridized carbons (Fsp3) is 0.700. The van der Waals surface area contributed by atoms with Crippen molar-refractivity contribution in [1.29, 1.82) is 0 Å². The zero-order valence-corrected chi connectivity index (χ0v) is 15.3. The summed E-state index contributed by atoms with van der Waals surface area (Å²) in [6, 6.07) is 7.89. The van der Waals surface area contributed by atoms with Crippen molar-refractivity contribution in [2.75, 3.05) is 39.5 Å². The van der Waals surface area contributed by atoms with Gasteiger partial charge in [-0.2, -0.15) is 0 Å². The molecule has 1 aliphatic rings. The van der Waals surface area contributed by atoms with Gasteiger partial charge in [-0.1, -0.05) is 50.8 Å². The van der Waals surface area contributed by atoms with E-state index in [1.54, 1.807) is 0 Å². The van der Waals surface area contributed by atoms with Crippen LogP contribution < -0.4 is 4.74 Å². The van der Waals surface area contributed by atoms with Crippen molar-refractivity contribution in [3.05, 3.63) is 29.8 Å². The Morgan fingerprint density at radius 2 is 1.83 bits per heavy atom. The van der Waals surface area contributed by atoms with E-state index in [1.165, 1.54) is 25.7 Å². The SMILES string of the molecule is CCCCCCCOc1ccccc1C(C)(O)CN1CCOCC1. The number of hydrogen-bond donors (Lipinski definition) is 1. The van der Waals surface area contributed by atoms with Crippen molar-refractivity contribution in [3.8, 4) is 5.75 Å². The molecule has 0 amide bonds. The Balaban J connectivity index is 1.90. The molecule has 4 nitrogen and oxygen atoms in total. The molecule has 0 spiro atoms. The van der Waals surface area contributed by atoms with Crippen molar-refractivity contribution in [1.82, 2.24) is 4.90 Å². The zero-order chi connectivity index (χ0) is 17.3. The average molecular weight is 335 g/mol. The average Bonchev–Trinajstić information content (AvgIpc) is 2.59. The molecule has 0 bridgehead atoms. The Labute approximate surface area is 146 Å². The van der Waals surface area contributed by atoms with Gasteiger partial charge in [0.05, 0.1) is 19.8 Å². The lowest BCUT2D eigenvalue weighted by Gasteiger charge is -2.34. The van der Waals surface area contributed by atoms with E-state index in [2.05, 4.69) is 11.8 Å². The highest BCUT2D eigenvalue weighted by atomic mass is 16.5. The van der Waals surface area contributed by atoms with Crippen LogP contribution in [-0.2, 0) is 10.3 Å². The Morgan fingerprint density at radius 1 is 1.12 bits per heavy atom. The van der Waals surface area contributed by atoms with E-state index < -0.39 is 5.60 Å². The summed E-state index contributed by atoms with van der Waals surface area (Å²) in [6.45, 7) is 8.65. The van der Waals surface area contributed by atoms with E-state index in [4.69, 9.17) is 9.47 Å². The fourth-order valence-electron chi connectivity index (χ4n) is 3.21. The summed E-state index contributed by atoms with van der Waals surface area (Å²) in [6.07, 6.45) is 6.11. The minimum absolute atomic E-state index is 0.604. The van der Waals surface area contributed by atoms with Gasteiger partial charge in [0.2, 0.25) is 0 Å². The Hall–Kier alpha value is -1.10. The molecule has 1 fully saturated rings. The lowest BCUT2D eigenvalue weighted by Crippen LogP contribution is -2.44. The molecule has 1 atom stereocenters. The van der Waals surface area contributed by atoms with Gasteiger partial charge < -0.3 is 14.6 Å². The third kappa shape index (κ3) is 6.08. The van der Waals surface area contributed by atoms with E-state index in [1.807, 2.05) is 31.2 Å². The summed E-state index contributed by atoms with van der Waals surface area (Å²) in [5, 5.41) is 11.0. The van der Waals surface area contributed by atoms with Gasteiger partial charge in [-0.25, -0.2) is 0 Å². The van der Waals surface area contributed by atoms with Crippen LogP contribution in [0.15, 0.2) is 24.3 Å². The van der Waals surface area contributed by atoms with Crippen LogP contribution in [0.2, 0.25) is 0 Å². The monoisotopic (exact) mass is 335 g/mol. The lowest BCUT2D eigenvalue weighted by molar-refractivity contribution is -0.0265. The number of nitrogens with zero attached hydrogens (tertiary/aromatic N) is 1. The summed E-state index contributed by atoms with van der Waals surface area (Å²) in [5.41, 5.74) is -0.0408. The largest absolute Gasteiger partial charge is 0.493 e. The van der Waals surface area contributed by atoms with Crippen LogP contribution in [0.5, 0.6) is 5.75 Å². The predicted octanol–water partition coefficient (Wildman–Crippen LogP) is 3.58. The van der Waals surface area contributed by atoms with Crippen molar-refractivity contribution in [2.45, 2.75) is 51.6 Å². The molecule has 24 heavy (non-hydrogen) atoms. The first kappa shape index (κ1) is 19.2. The van der Waals surface area contributed by atoms with Gasteiger partial charge in [-0.05, 0) is 19.4 Å². The molecule has 1 heterocycles. The number of hydrogen-bond acceptors (Lipinski definition) is 4. The minimum Gasteiger partial charge on any atom is -0.493 e.